The second-order valence-electron chi connectivity index (χ2n) is 5.87. The molecule has 0 spiro atoms. The highest BCUT2D eigenvalue weighted by atomic mass is 79.9. The van der Waals surface area contributed by atoms with Gasteiger partial charge in [0, 0.05) is 16.2 Å². The predicted molar refractivity (Wildman–Crippen MR) is 115 cm³/mol. The van der Waals surface area contributed by atoms with E-state index in [2.05, 4.69) is 31.2 Å². The fraction of sp³-hybridized carbons (Fsp3) is 0.211. The van der Waals surface area contributed by atoms with Crippen molar-refractivity contribution in [1.29, 1.82) is 0 Å². The molecule has 146 valence electrons. The lowest BCUT2D eigenvalue weighted by molar-refractivity contribution is -0.133. The Kier molecular flexibility index (Phi) is 6.69. The third-order valence-corrected chi connectivity index (χ3v) is 6.52. The number of anilines is 2. The molecule has 0 atom stereocenters. The van der Waals surface area contributed by atoms with Gasteiger partial charge in [-0.05, 0) is 59.6 Å². The Morgan fingerprint density at radius 3 is 2.71 bits per heavy atom. The molecule has 0 aliphatic heterocycles. The number of thiophene rings is 1. The second-order valence-corrected chi connectivity index (χ2v) is 9.38. The number of carbonyl (C=O) groups is 1. The van der Waals surface area contributed by atoms with E-state index in [9.17, 15) is 9.18 Å². The first-order valence-corrected chi connectivity index (χ1v) is 11.0. The quantitative estimate of drug-likeness (QED) is 0.409. The summed E-state index contributed by atoms with van der Waals surface area (Å²) in [4.78, 5) is 21.4. The molecular weight excluding hydrogens is 465 g/mol. The summed E-state index contributed by atoms with van der Waals surface area (Å²) in [5.74, 6) is -0.364. The van der Waals surface area contributed by atoms with Crippen molar-refractivity contribution in [2.24, 2.45) is 0 Å². The zero-order chi connectivity index (χ0) is 20.3. The van der Waals surface area contributed by atoms with E-state index in [-0.39, 0.29) is 11.4 Å². The number of aryl methyl sites for hydroxylation is 1. The normalized spacial score (nSPS) is 10.9. The minimum atomic E-state index is -0.940. The van der Waals surface area contributed by atoms with E-state index in [1.54, 1.807) is 12.1 Å². The van der Waals surface area contributed by atoms with Crippen LogP contribution in [-0.2, 0) is 11.2 Å². The average Bonchev–Trinajstić information content (AvgIpc) is 3.08. The standard InChI is InChI=1S/C19H17BrFN3O2S2/c1-3-12-10(2)22-19(15-6-7-16(20)28-15)24-18(12)23-14-5-4-11(8-13(14)21)27-9-17(25)26/h4-8H,3,9H2,1-2H3,(H,25,26)(H,22,23,24). The van der Waals surface area contributed by atoms with Gasteiger partial charge < -0.3 is 10.4 Å². The number of benzene rings is 1. The van der Waals surface area contributed by atoms with Crippen LogP contribution in [-0.4, -0.2) is 26.8 Å². The van der Waals surface area contributed by atoms with Gasteiger partial charge in [-0.3, -0.25) is 4.79 Å². The van der Waals surface area contributed by atoms with Crippen molar-refractivity contribution in [3.8, 4) is 10.7 Å². The fourth-order valence-corrected chi connectivity index (χ4v) is 4.59. The molecular formula is C19H17BrFN3O2S2. The summed E-state index contributed by atoms with van der Waals surface area (Å²) in [6.07, 6.45) is 0.705. The molecule has 2 heterocycles. The van der Waals surface area contributed by atoms with Crippen LogP contribution in [0.3, 0.4) is 0 Å². The molecule has 2 aromatic heterocycles. The van der Waals surface area contributed by atoms with Gasteiger partial charge in [0.25, 0.3) is 0 Å². The lowest BCUT2D eigenvalue weighted by Crippen LogP contribution is -2.06. The largest absolute Gasteiger partial charge is 0.481 e. The van der Waals surface area contributed by atoms with Crippen LogP contribution < -0.4 is 5.32 Å². The number of nitrogens with zero attached hydrogens (tertiary/aromatic N) is 2. The van der Waals surface area contributed by atoms with Gasteiger partial charge in [0.05, 0.1) is 20.1 Å². The van der Waals surface area contributed by atoms with Gasteiger partial charge in [-0.25, -0.2) is 14.4 Å². The highest BCUT2D eigenvalue weighted by molar-refractivity contribution is 9.11. The maximum atomic E-state index is 14.6. The first-order valence-electron chi connectivity index (χ1n) is 8.41. The van der Waals surface area contributed by atoms with Gasteiger partial charge in [-0.1, -0.05) is 6.92 Å². The lowest BCUT2D eigenvalue weighted by atomic mass is 10.1. The predicted octanol–water partition coefficient (Wildman–Crippen LogP) is 5.90. The van der Waals surface area contributed by atoms with E-state index >= 15 is 0 Å². The summed E-state index contributed by atoms with van der Waals surface area (Å²) < 4.78 is 15.5. The zero-order valence-corrected chi connectivity index (χ0v) is 18.3. The highest BCUT2D eigenvalue weighted by Gasteiger charge is 2.15. The topological polar surface area (TPSA) is 75.1 Å². The third-order valence-electron chi connectivity index (χ3n) is 3.92. The molecule has 0 saturated carbocycles. The molecule has 0 saturated heterocycles. The van der Waals surface area contributed by atoms with Gasteiger partial charge in [-0.15, -0.1) is 23.1 Å². The maximum absolute atomic E-state index is 14.6. The lowest BCUT2D eigenvalue weighted by Gasteiger charge is -2.14. The van der Waals surface area contributed by atoms with E-state index in [4.69, 9.17) is 5.11 Å². The number of halogens is 2. The molecule has 1 aromatic carbocycles. The monoisotopic (exact) mass is 481 g/mol. The number of aliphatic carboxylic acids is 1. The molecule has 0 aliphatic rings. The summed E-state index contributed by atoms with van der Waals surface area (Å²) in [5.41, 5.74) is 2.04. The zero-order valence-electron chi connectivity index (χ0n) is 15.1. The molecule has 28 heavy (non-hydrogen) atoms. The van der Waals surface area contributed by atoms with Gasteiger partial charge in [0.15, 0.2) is 5.82 Å². The van der Waals surface area contributed by atoms with Gasteiger partial charge >= 0.3 is 5.97 Å². The van der Waals surface area contributed by atoms with Crippen molar-refractivity contribution in [3.63, 3.8) is 0 Å². The molecule has 9 heteroatoms. The van der Waals surface area contributed by atoms with Crippen LogP contribution >= 0.6 is 39.0 Å². The molecule has 0 radical (unpaired) electrons. The van der Waals surface area contributed by atoms with Crippen molar-refractivity contribution >= 4 is 56.5 Å². The molecule has 0 aliphatic carbocycles. The van der Waals surface area contributed by atoms with Crippen molar-refractivity contribution in [2.45, 2.75) is 25.2 Å². The Morgan fingerprint density at radius 2 is 2.11 bits per heavy atom. The Labute approximate surface area is 178 Å². The fourth-order valence-electron chi connectivity index (χ4n) is 2.63. The van der Waals surface area contributed by atoms with Crippen molar-refractivity contribution in [3.05, 3.63) is 51.2 Å². The number of rotatable bonds is 7. The third kappa shape index (κ3) is 4.89. The highest BCUT2D eigenvalue weighted by Crippen LogP contribution is 2.32. The molecule has 5 nitrogen and oxygen atoms in total. The van der Waals surface area contributed by atoms with E-state index in [0.29, 0.717) is 23.0 Å². The van der Waals surface area contributed by atoms with Gasteiger partial charge in [-0.2, -0.15) is 0 Å². The average molecular weight is 482 g/mol. The molecule has 0 bridgehead atoms. The number of nitrogens with one attached hydrogen (secondary N) is 1. The summed E-state index contributed by atoms with van der Waals surface area (Å²) in [7, 11) is 0. The molecule has 0 unspecified atom stereocenters. The van der Waals surface area contributed by atoms with Gasteiger partial charge in [0.2, 0.25) is 0 Å². The van der Waals surface area contributed by atoms with E-state index in [1.165, 1.54) is 17.4 Å². The van der Waals surface area contributed by atoms with Crippen molar-refractivity contribution < 1.29 is 14.3 Å². The number of carboxylic acids is 1. The summed E-state index contributed by atoms with van der Waals surface area (Å²) >= 11 is 6.05. The minimum Gasteiger partial charge on any atom is -0.481 e. The van der Waals surface area contributed by atoms with E-state index in [1.807, 2.05) is 26.0 Å². The van der Waals surface area contributed by atoms with Crippen LogP contribution in [0, 0.1) is 12.7 Å². The van der Waals surface area contributed by atoms with E-state index < -0.39 is 11.8 Å². The molecule has 2 N–H and O–H groups in total. The number of hydrogen-bond acceptors (Lipinski definition) is 6. The number of hydrogen-bond donors (Lipinski definition) is 2. The Morgan fingerprint density at radius 1 is 1.32 bits per heavy atom. The van der Waals surface area contributed by atoms with Crippen LogP contribution in [0.2, 0.25) is 0 Å². The number of aromatic nitrogens is 2. The van der Waals surface area contributed by atoms with Crippen molar-refractivity contribution in [1.82, 2.24) is 9.97 Å². The van der Waals surface area contributed by atoms with Crippen LogP contribution in [0.25, 0.3) is 10.7 Å². The Balaban J connectivity index is 1.92. The summed E-state index contributed by atoms with van der Waals surface area (Å²) in [5, 5.41) is 11.8. The van der Waals surface area contributed by atoms with Crippen LogP contribution in [0.4, 0.5) is 15.9 Å². The SMILES string of the molecule is CCc1c(C)nc(-c2ccc(Br)s2)nc1Nc1ccc(SCC(=O)O)cc1F. The van der Waals surface area contributed by atoms with Crippen molar-refractivity contribution in [2.75, 3.05) is 11.1 Å². The summed E-state index contributed by atoms with van der Waals surface area (Å²) in [6.45, 7) is 3.92. The first kappa shape index (κ1) is 20.8. The Bertz CT molecular complexity index is 1030. The van der Waals surface area contributed by atoms with Gasteiger partial charge in [0.1, 0.15) is 11.6 Å². The maximum Gasteiger partial charge on any atom is 0.313 e. The second kappa shape index (κ2) is 9.02. The molecule has 0 fully saturated rings. The molecule has 0 amide bonds. The van der Waals surface area contributed by atoms with Crippen LogP contribution in [0.1, 0.15) is 18.2 Å². The number of carboxylic acid groups (broad SMARTS) is 1. The Hall–Kier alpha value is -1.97. The smallest absolute Gasteiger partial charge is 0.313 e. The first-order chi connectivity index (χ1) is 13.4. The van der Waals surface area contributed by atoms with Crippen LogP contribution in [0.15, 0.2) is 39.0 Å². The minimum absolute atomic E-state index is 0.114. The van der Waals surface area contributed by atoms with Crippen LogP contribution in [0.5, 0.6) is 0 Å². The summed E-state index contributed by atoms with van der Waals surface area (Å²) in [6, 6.07) is 8.49. The molecule has 3 aromatic rings. The number of thioether (sulfide) groups is 1. The van der Waals surface area contributed by atoms with E-state index in [0.717, 1.165) is 31.7 Å². The molecule has 3 rings (SSSR count).